The predicted molar refractivity (Wildman–Crippen MR) is 104 cm³/mol. The molecule has 1 aromatic carbocycles. The first-order valence-corrected chi connectivity index (χ1v) is 10.4. The first-order valence-electron chi connectivity index (χ1n) is 9.14. The summed E-state index contributed by atoms with van der Waals surface area (Å²) in [6.45, 7) is 0.539. The maximum Gasteiger partial charge on any atom is 0.321 e. The average molecular weight is 375 g/mol. The van der Waals surface area contributed by atoms with E-state index in [1.54, 1.807) is 23.7 Å². The van der Waals surface area contributed by atoms with E-state index in [4.69, 9.17) is 4.52 Å². The zero-order valence-corrected chi connectivity index (χ0v) is 16.2. The lowest BCUT2D eigenvalue weighted by atomic mass is 9.89. The van der Waals surface area contributed by atoms with E-state index < -0.39 is 0 Å². The number of hydrogen-bond acceptors (Lipinski definition) is 5. The van der Waals surface area contributed by atoms with Crippen LogP contribution in [0.15, 0.2) is 33.7 Å². The molecule has 0 aliphatic heterocycles. The minimum absolute atomic E-state index is 0.140. The van der Waals surface area contributed by atoms with Crippen molar-refractivity contribution in [2.24, 2.45) is 0 Å². The molecule has 7 heteroatoms. The van der Waals surface area contributed by atoms with Gasteiger partial charge < -0.3 is 14.7 Å². The molecule has 0 atom stereocenters. The highest BCUT2D eigenvalue weighted by Gasteiger charge is 2.21. The largest absolute Gasteiger partial charge is 0.339 e. The molecule has 1 heterocycles. The Morgan fingerprint density at radius 2 is 2.15 bits per heavy atom. The van der Waals surface area contributed by atoms with Gasteiger partial charge in [0.25, 0.3) is 0 Å². The van der Waals surface area contributed by atoms with Crippen LogP contribution >= 0.6 is 11.8 Å². The fourth-order valence-corrected chi connectivity index (χ4v) is 3.63. The number of nitrogens with one attached hydrogen (secondary N) is 1. The van der Waals surface area contributed by atoms with Crippen molar-refractivity contribution < 1.29 is 9.32 Å². The lowest BCUT2D eigenvalue weighted by Crippen LogP contribution is -2.33. The number of rotatable bonds is 6. The number of carbonyl (C=O) groups excluding carboxylic acids is 1. The van der Waals surface area contributed by atoms with E-state index in [2.05, 4.69) is 15.5 Å². The summed E-state index contributed by atoms with van der Waals surface area (Å²) in [6, 6.07) is 7.67. The summed E-state index contributed by atoms with van der Waals surface area (Å²) in [7, 11) is 1.77. The molecule has 6 nitrogen and oxygen atoms in total. The molecule has 1 saturated carbocycles. The van der Waals surface area contributed by atoms with E-state index >= 15 is 0 Å². The number of benzene rings is 1. The highest BCUT2D eigenvalue weighted by Crippen LogP contribution is 2.31. The van der Waals surface area contributed by atoms with Crippen molar-refractivity contribution in [2.75, 3.05) is 25.2 Å². The van der Waals surface area contributed by atoms with Crippen molar-refractivity contribution in [3.8, 4) is 0 Å². The number of urea groups is 1. The van der Waals surface area contributed by atoms with Crippen LogP contribution in [-0.4, -0.2) is 40.9 Å². The summed E-state index contributed by atoms with van der Waals surface area (Å²) >= 11 is 1.65. The molecule has 0 unspecified atom stereocenters. The summed E-state index contributed by atoms with van der Waals surface area (Å²) in [6.07, 6.45) is 8.66. The Labute approximate surface area is 158 Å². The molecule has 1 aromatic heterocycles. The number of hydrogen-bond donors (Lipinski definition) is 1. The van der Waals surface area contributed by atoms with Crippen molar-refractivity contribution in [1.82, 2.24) is 15.0 Å². The lowest BCUT2D eigenvalue weighted by molar-refractivity contribution is 0.222. The minimum Gasteiger partial charge on any atom is -0.339 e. The standard InChI is InChI=1S/C19H26N4O2S/c1-23(19(24)20-15-9-6-10-16(13-15)26-2)12-11-17-21-18(25-22-17)14-7-4-3-5-8-14/h6,9-10,13-14H,3-5,7-8,11-12H2,1-2H3,(H,20,24). The second-order valence-corrected chi connectivity index (χ2v) is 7.60. The Morgan fingerprint density at radius 3 is 2.92 bits per heavy atom. The van der Waals surface area contributed by atoms with Crippen LogP contribution < -0.4 is 5.32 Å². The summed E-state index contributed by atoms with van der Waals surface area (Å²) in [5.41, 5.74) is 0.799. The van der Waals surface area contributed by atoms with Gasteiger partial charge in [-0.3, -0.25) is 0 Å². The highest BCUT2D eigenvalue weighted by molar-refractivity contribution is 7.98. The Hall–Kier alpha value is -2.02. The van der Waals surface area contributed by atoms with Crippen molar-refractivity contribution in [3.05, 3.63) is 36.0 Å². The maximum absolute atomic E-state index is 12.3. The summed E-state index contributed by atoms with van der Waals surface area (Å²) in [5.74, 6) is 1.85. The third kappa shape index (κ3) is 5.00. The van der Waals surface area contributed by atoms with Gasteiger partial charge in [-0.2, -0.15) is 4.98 Å². The third-order valence-corrected chi connectivity index (χ3v) is 5.50. The van der Waals surface area contributed by atoms with Gasteiger partial charge in [0.15, 0.2) is 5.82 Å². The number of nitrogens with zero attached hydrogens (tertiary/aromatic N) is 3. The van der Waals surface area contributed by atoms with Crippen LogP contribution in [0.3, 0.4) is 0 Å². The molecule has 26 heavy (non-hydrogen) atoms. The molecule has 2 amide bonds. The minimum atomic E-state index is -0.140. The van der Waals surface area contributed by atoms with E-state index in [1.165, 1.54) is 19.3 Å². The van der Waals surface area contributed by atoms with Crippen molar-refractivity contribution in [2.45, 2.75) is 49.3 Å². The maximum atomic E-state index is 12.3. The first kappa shape index (κ1) is 18.8. The summed E-state index contributed by atoms with van der Waals surface area (Å²) in [4.78, 5) is 19.6. The molecule has 140 valence electrons. The van der Waals surface area contributed by atoms with Crippen LogP contribution in [0.2, 0.25) is 0 Å². The number of aromatic nitrogens is 2. The molecule has 2 aromatic rings. The smallest absolute Gasteiger partial charge is 0.321 e. The van der Waals surface area contributed by atoms with Crippen LogP contribution in [0.25, 0.3) is 0 Å². The van der Waals surface area contributed by atoms with Crippen LogP contribution in [0.1, 0.15) is 49.7 Å². The van der Waals surface area contributed by atoms with Crippen LogP contribution in [-0.2, 0) is 6.42 Å². The first-order chi connectivity index (χ1) is 12.7. The molecule has 1 aliphatic rings. The quantitative estimate of drug-likeness (QED) is 0.751. The topological polar surface area (TPSA) is 71.3 Å². The average Bonchev–Trinajstić information content (AvgIpc) is 3.16. The lowest BCUT2D eigenvalue weighted by Gasteiger charge is -2.17. The zero-order chi connectivity index (χ0) is 18.4. The monoisotopic (exact) mass is 374 g/mol. The molecule has 0 bridgehead atoms. The van der Waals surface area contributed by atoms with Crippen molar-refractivity contribution in [1.29, 1.82) is 0 Å². The van der Waals surface area contributed by atoms with Gasteiger partial charge in [-0.15, -0.1) is 11.8 Å². The fraction of sp³-hybridized carbons (Fsp3) is 0.526. The molecule has 3 rings (SSSR count). The van der Waals surface area contributed by atoms with Crippen molar-refractivity contribution >= 4 is 23.5 Å². The SMILES string of the molecule is CSc1cccc(NC(=O)N(C)CCc2noc(C3CCCCC3)n2)c1. The predicted octanol–water partition coefficient (Wildman–Crippen LogP) is 4.55. The van der Waals surface area contributed by atoms with E-state index in [-0.39, 0.29) is 6.03 Å². The molecule has 0 spiro atoms. The van der Waals surface area contributed by atoms with Gasteiger partial charge in [0.2, 0.25) is 5.89 Å². The molecule has 1 aliphatic carbocycles. The van der Waals surface area contributed by atoms with Gasteiger partial charge in [0, 0.05) is 36.5 Å². The Kier molecular flexibility index (Phi) is 6.55. The number of carbonyl (C=O) groups is 1. The van der Waals surface area contributed by atoms with Crippen LogP contribution in [0.4, 0.5) is 10.5 Å². The molecular weight excluding hydrogens is 348 g/mol. The van der Waals surface area contributed by atoms with E-state index in [0.29, 0.717) is 24.7 Å². The zero-order valence-electron chi connectivity index (χ0n) is 15.4. The van der Waals surface area contributed by atoms with Crippen LogP contribution in [0, 0.1) is 0 Å². The van der Waals surface area contributed by atoms with E-state index in [9.17, 15) is 4.79 Å². The normalized spacial score (nSPS) is 15.0. The van der Waals surface area contributed by atoms with Gasteiger partial charge in [-0.1, -0.05) is 30.5 Å². The second-order valence-electron chi connectivity index (χ2n) is 6.72. The highest BCUT2D eigenvalue weighted by atomic mass is 32.2. The number of thioether (sulfide) groups is 1. The third-order valence-electron chi connectivity index (χ3n) is 4.78. The van der Waals surface area contributed by atoms with Gasteiger partial charge in [-0.05, 0) is 37.3 Å². The van der Waals surface area contributed by atoms with E-state index in [0.717, 1.165) is 29.3 Å². The van der Waals surface area contributed by atoms with Crippen LogP contribution in [0.5, 0.6) is 0 Å². The number of amides is 2. The summed E-state index contributed by atoms with van der Waals surface area (Å²) in [5, 5.41) is 7.00. The van der Waals surface area contributed by atoms with Gasteiger partial charge >= 0.3 is 6.03 Å². The Morgan fingerprint density at radius 1 is 1.35 bits per heavy atom. The van der Waals surface area contributed by atoms with Gasteiger partial charge in [0.1, 0.15) is 0 Å². The molecular formula is C19H26N4O2S. The Bertz CT molecular complexity index is 728. The number of anilines is 1. The van der Waals surface area contributed by atoms with E-state index in [1.807, 2.05) is 30.5 Å². The molecule has 1 fully saturated rings. The fourth-order valence-electron chi connectivity index (χ4n) is 3.17. The molecule has 0 radical (unpaired) electrons. The Balaban J connectivity index is 1.49. The molecule has 1 N–H and O–H groups in total. The second kappa shape index (κ2) is 9.07. The van der Waals surface area contributed by atoms with Crippen molar-refractivity contribution in [3.63, 3.8) is 0 Å². The van der Waals surface area contributed by atoms with Gasteiger partial charge in [-0.25, -0.2) is 4.79 Å². The summed E-state index contributed by atoms with van der Waals surface area (Å²) < 4.78 is 5.44. The van der Waals surface area contributed by atoms with Gasteiger partial charge in [0.05, 0.1) is 0 Å². The number of likely N-dealkylation sites (N-methyl/N-ethyl adjacent to an activating group) is 1. The molecule has 0 saturated heterocycles.